The Hall–Kier alpha value is -2.83. The fourth-order valence-corrected chi connectivity index (χ4v) is 3.79. The van der Waals surface area contributed by atoms with Gasteiger partial charge in [0.15, 0.2) is 0 Å². The van der Waals surface area contributed by atoms with E-state index in [1.165, 1.54) is 10.9 Å². The summed E-state index contributed by atoms with van der Waals surface area (Å²) in [6, 6.07) is 5.27. The summed E-state index contributed by atoms with van der Waals surface area (Å²) in [6.45, 7) is 3.27. The van der Waals surface area contributed by atoms with Crippen molar-refractivity contribution in [2.24, 2.45) is 5.92 Å². The summed E-state index contributed by atoms with van der Waals surface area (Å²) in [4.78, 5) is 33.1. The highest BCUT2D eigenvalue weighted by Gasteiger charge is 2.36. The maximum absolute atomic E-state index is 12.9. The molecule has 4 rings (SSSR count). The van der Waals surface area contributed by atoms with Gasteiger partial charge in [-0.05, 0) is 56.4 Å². The van der Waals surface area contributed by atoms with Gasteiger partial charge in [0.05, 0.1) is 5.69 Å². The first-order valence-electron chi connectivity index (χ1n) is 9.84. The number of imidazole rings is 1. The van der Waals surface area contributed by atoms with Crippen LogP contribution in [0.1, 0.15) is 31.2 Å². The van der Waals surface area contributed by atoms with Gasteiger partial charge < -0.3 is 14.9 Å². The van der Waals surface area contributed by atoms with Crippen LogP contribution < -0.4 is 0 Å². The highest BCUT2D eigenvalue weighted by Crippen LogP contribution is 2.32. The number of hydrogen-bond acceptors (Lipinski definition) is 4. The zero-order valence-corrected chi connectivity index (χ0v) is 16.3. The summed E-state index contributed by atoms with van der Waals surface area (Å²) < 4.78 is 1.50. The molecule has 0 spiro atoms. The first-order valence-corrected chi connectivity index (χ1v) is 9.84. The highest BCUT2D eigenvalue weighted by atomic mass is 16.3. The average molecular weight is 382 g/mol. The number of amides is 2. The van der Waals surface area contributed by atoms with Gasteiger partial charge in [-0.25, -0.2) is 9.78 Å². The molecule has 7 heteroatoms. The monoisotopic (exact) mass is 382 g/mol. The quantitative estimate of drug-likeness (QED) is 0.885. The summed E-state index contributed by atoms with van der Waals surface area (Å²) in [5, 5.41) is 9.68. The summed E-state index contributed by atoms with van der Waals surface area (Å²) >= 11 is 0. The van der Waals surface area contributed by atoms with E-state index >= 15 is 0 Å². The number of benzene rings is 1. The second-order valence-corrected chi connectivity index (χ2v) is 7.89. The van der Waals surface area contributed by atoms with Crippen molar-refractivity contribution in [2.75, 3.05) is 20.1 Å². The number of nitrogens with zero attached hydrogens (tertiary/aromatic N) is 4. The van der Waals surface area contributed by atoms with Crippen molar-refractivity contribution in [1.82, 2.24) is 19.4 Å². The van der Waals surface area contributed by atoms with Gasteiger partial charge in [0.25, 0.3) is 0 Å². The number of aromatic hydroxyl groups is 1. The molecule has 1 saturated carbocycles. The predicted octanol–water partition coefficient (Wildman–Crippen LogP) is 2.87. The molecular formula is C21H26N4O3. The first-order chi connectivity index (χ1) is 13.4. The largest absolute Gasteiger partial charge is 0.508 e. The Bertz CT molecular complexity index is 895. The number of rotatable bonds is 3. The normalized spacial score (nSPS) is 17.6. The molecular weight excluding hydrogens is 356 g/mol. The van der Waals surface area contributed by atoms with Crippen LogP contribution in [-0.2, 0) is 4.79 Å². The molecule has 1 aliphatic heterocycles. The summed E-state index contributed by atoms with van der Waals surface area (Å²) in [5.41, 5.74) is 2.31. The fourth-order valence-electron chi connectivity index (χ4n) is 3.79. The second kappa shape index (κ2) is 7.30. The van der Waals surface area contributed by atoms with Gasteiger partial charge >= 0.3 is 6.03 Å². The Balaban J connectivity index is 1.39. The number of aromatic nitrogens is 2. The van der Waals surface area contributed by atoms with Crippen LogP contribution in [0.2, 0.25) is 0 Å². The number of piperidine rings is 1. The molecule has 1 aromatic heterocycles. The van der Waals surface area contributed by atoms with E-state index in [1.54, 1.807) is 23.2 Å². The lowest BCUT2D eigenvalue weighted by Gasteiger charge is -2.36. The molecule has 2 amide bonds. The van der Waals surface area contributed by atoms with E-state index < -0.39 is 0 Å². The van der Waals surface area contributed by atoms with E-state index in [0.29, 0.717) is 5.69 Å². The van der Waals surface area contributed by atoms with Crippen molar-refractivity contribution in [2.45, 2.75) is 38.6 Å². The minimum Gasteiger partial charge on any atom is -0.508 e. The standard InChI is InChI=1S/C21H26N4O3/c1-14-11-16(5-6-19(14)26)18-12-25(13-22-18)21(28)23(2)17-7-9-24(10-8-17)20(27)15-3-4-15/h5-6,11-13,15,17,26H,3-4,7-10H2,1-2H3. The third-order valence-corrected chi connectivity index (χ3v) is 5.85. The number of carbonyl (C=O) groups is 2. The van der Waals surface area contributed by atoms with Crippen molar-refractivity contribution in [3.05, 3.63) is 36.3 Å². The van der Waals surface area contributed by atoms with Gasteiger partial charge in [0.1, 0.15) is 12.1 Å². The lowest BCUT2D eigenvalue weighted by Crippen LogP contribution is -2.48. The molecule has 2 aromatic rings. The van der Waals surface area contributed by atoms with Crippen LogP contribution in [0, 0.1) is 12.8 Å². The van der Waals surface area contributed by atoms with E-state index in [-0.39, 0.29) is 29.6 Å². The molecule has 148 valence electrons. The molecule has 0 bridgehead atoms. The van der Waals surface area contributed by atoms with Gasteiger partial charge in [0.2, 0.25) is 5.91 Å². The van der Waals surface area contributed by atoms with E-state index in [9.17, 15) is 14.7 Å². The third-order valence-electron chi connectivity index (χ3n) is 5.85. The van der Waals surface area contributed by atoms with E-state index in [4.69, 9.17) is 0 Å². The molecule has 7 nitrogen and oxygen atoms in total. The van der Waals surface area contributed by atoms with Crippen molar-refractivity contribution < 1.29 is 14.7 Å². The maximum atomic E-state index is 12.9. The summed E-state index contributed by atoms with van der Waals surface area (Å²) in [7, 11) is 1.82. The molecule has 0 atom stereocenters. The van der Waals surface area contributed by atoms with Crippen LogP contribution >= 0.6 is 0 Å². The minimum atomic E-state index is -0.124. The SMILES string of the molecule is Cc1cc(-c2cn(C(=O)N(C)C3CCN(C(=O)C4CC4)CC3)cn2)ccc1O. The molecule has 2 heterocycles. The zero-order chi connectivity index (χ0) is 19.8. The number of hydrogen-bond donors (Lipinski definition) is 1. The van der Waals surface area contributed by atoms with E-state index in [2.05, 4.69) is 4.98 Å². The first kappa shape index (κ1) is 18.5. The molecule has 1 aliphatic carbocycles. The van der Waals surface area contributed by atoms with Crippen molar-refractivity contribution in [1.29, 1.82) is 0 Å². The zero-order valence-electron chi connectivity index (χ0n) is 16.3. The van der Waals surface area contributed by atoms with E-state index in [0.717, 1.165) is 49.9 Å². The third kappa shape index (κ3) is 3.61. The minimum absolute atomic E-state index is 0.123. The summed E-state index contributed by atoms with van der Waals surface area (Å²) in [5.74, 6) is 0.783. The Labute approximate surface area is 164 Å². The van der Waals surface area contributed by atoms with Crippen LogP contribution in [0.15, 0.2) is 30.7 Å². The molecule has 0 radical (unpaired) electrons. The summed E-state index contributed by atoms with van der Waals surface area (Å²) in [6.07, 6.45) is 6.92. The fraction of sp³-hybridized carbons (Fsp3) is 0.476. The van der Waals surface area contributed by atoms with Gasteiger partial charge in [0, 0.05) is 43.9 Å². The molecule has 1 aromatic carbocycles. The lowest BCUT2D eigenvalue weighted by molar-refractivity contribution is -0.133. The van der Waals surface area contributed by atoms with Crippen LogP contribution in [0.4, 0.5) is 4.79 Å². The van der Waals surface area contributed by atoms with Gasteiger partial charge in [-0.1, -0.05) is 0 Å². The molecule has 1 N–H and O–H groups in total. The Morgan fingerprint density at radius 1 is 1.18 bits per heavy atom. The molecule has 28 heavy (non-hydrogen) atoms. The van der Waals surface area contributed by atoms with Gasteiger partial charge in [-0.3, -0.25) is 9.36 Å². The maximum Gasteiger partial charge on any atom is 0.329 e. The smallest absolute Gasteiger partial charge is 0.329 e. The van der Waals surface area contributed by atoms with Crippen LogP contribution in [0.3, 0.4) is 0 Å². The highest BCUT2D eigenvalue weighted by molar-refractivity contribution is 5.81. The van der Waals surface area contributed by atoms with Gasteiger partial charge in [-0.2, -0.15) is 0 Å². The van der Waals surface area contributed by atoms with Crippen molar-refractivity contribution in [3.8, 4) is 17.0 Å². The average Bonchev–Trinajstić information content (AvgIpc) is 3.45. The topological polar surface area (TPSA) is 78.7 Å². The number of likely N-dealkylation sites (tertiary alicyclic amines) is 1. The molecule has 2 fully saturated rings. The Kier molecular flexibility index (Phi) is 4.83. The van der Waals surface area contributed by atoms with Crippen LogP contribution in [0.25, 0.3) is 11.3 Å². The Morgan fingerprint density at radius 2 is 1.89 bits per heavy atom. The Morgan fingerprint density at radius 3 is 2.54 bits per heavy atom. The van der Waals surface area contributed by atoms with Gasteiger partial charge in [-0.15, -0.1) is 0 Å². The number of carbonyl (C=O) groups excluding carboxylic acids is 2. The predicted molar refractivity (Wildman–Crippen MR) is 105 cm³/mol. The number of phenolic OH excluding ortho intramolecular Hbond substituents is 1. The number of phenols is 1. The lowest BCUT2D eigenvalue weighted by atomic mass is 10.0. The van der Waals surface area contributed by atoms with Crippen molar-refractivity contribution >= 4 is 11.9 Å². The molecule has 1 saturated heterocycles. The van der Waals surface area contributed by atoms with E-state index in [1.807, 2.05) is 24.9 Å². The van der Waals surface area contributed by atoms with Crippen LogP contribution in [0.5, 0.6) is 5.75 Å². The van der Waals surface area contributed by atoms with Crippen molar-refractivity contribution in [3.63, 3.8) is 0 Å². The number of aryl methyl sites for hydroxylation is 1. The molecule has 2 aliphatic rings. The molecule has 0 unspecified atom stereocenters. The second-order valence-electron chi connectivity index (χ2n) is 7.89. The van der Waals surface area contributed by atoms with Crippen LogP contribution in [-0.4, -0.2) is 62.6 Å².